The summed E-state index contributed by atoms with van der Waals surface area (Å²) >= 11 is 1.63. The molecular formula is C16H29N3O2S. The van der Waals surface area contributed by atoms with Crippen LogP contribution >= 0.6 is 11.3 Å². The third-order valence-corrected chi connectivity index (χ3v) is 4.67. The number of hydrogen-bond donors (Lipinski definition) is 2. The molecule has 0 radical (unpaired) electrons. The van der Waals surface area contributed by atoms with Crippen LogP contribution in [0.1, 0.15) is 58.7 Å². The number of methoxy groups -OCH3 is 1. The van der Waals surface area contributed by atoms with Crippen molar-refractivity contribution in [2.45, 2.75) is 71.6 Å². The second-order valence-corrected chi connectivity index (χ2v) is 8.15. The molecule has 0 aliphatic rings. The van der Waals surface area contributed by atoms with Crippen LogP contribution in [-0.4, -0.2) is 29.8 Å². The van der Waals surface area contributed by atoms with Gasteiger partial charge in [-0.05, 0) is 27.2 Å². The number of amides is 2. The lowest BCUT2D eigenvalue weighted by Gasteiger charge is -2.27. The standard InChI is InChI=1S/C16H29N3O2S/c1-11(8-16(5,6)21-7)18-14(20)17-9-12-10-22-13(19-12)15(2,3)4/h10-11H,8-9H2,1-7H3,(H2,17,18,20)/t11-/m0/s1. The van der Waals surface area contributed by atoms with Crippen molar-refractivity contribution in [3.8, 4) is 0 Å². The van der Waals surface area contributed by atoms with Crippen molar-refractivity contribution in [1.82, 2.24) is 15.6 Å². The molecule has 0 saturated carbocycles. The summed E-state index contributed by atoms with van der Waals surface area (Å²) in [6.45, 7) is 12.8. The van der Waals surface area contributed by atoms with E-state index in [2.05, 4.69) is 36.4 Å². The first-order valence-corrected chi connectivity index (χ1v) is 8.46. The van der Waals surface area contributed by atoms with Gasteiger partial charge in [0.15, 0.2) is 0 Å². The molecule has 0 spiro atoms. The number of nitrogens with one attached hydrogen (secondary N) is 2. The van der Waals surface area contributed by atoms with E-state index < -0.39 is 0 Å². The number of urea groups is 1. The van der Waals surface area contributed by atoms with Crippen LogP contribution in [0.25, 0.3) is 0 Å². The van der Waals surface area contributed by atoms with E-state index in [1.807, 2.05) is 26.2 Å². The van der Waals surface area contributed by atoms with Gasteiger partial charge in [-0.3, -0.25) is 0 Å². The summed E-state index contributed by atoms with van der Waals surface area (Å²) in [5, 5.41) is 8.86. The van der Waals surface area contributed by atoms with Crippen molar-refractivity contribution in [1.29, 1.82) is 0 Å². The lowest BCUT2D eigenvalue weighted by molar-refractivity contribution is 0.00950. The quantitative estimate of drug-likeness (QED) is 0.841. The molecule has 0 fully saturated rings. The molecular weight excluding hydrogens is 298 g/mol. The van der Waals surface area contributed by atoms with Gasteiger partial charge in [-0.15, -0.1) is 11.3 Å². The van der Waals surface area contributed by atoms with Crippen molar-refractivity contribution in [3.63, 3.8) is 0 Å². The molecule has 0 aliphatic carbocycles. The Morgan fingerprint density at radius 1 is 1.36 bits per heavy atom. The van der Waals surface area contributed by atoms with Crippen LogP contribution in [0.2, 0.25) is 0 Å². The van der Waals surface area contributed by atoms with E-state index in [0.717, 1.165) is 17.1 Å². The summed E-state index contributed by atoms with van der Waals surface area (Å²) in [5.74, 6) is 0. The molecule has 22 heavy (non-hydrogen) atoms. The number of aromatic nitrogens is 1. The normalized spacial score (nSPS) is 13.8. The Bertz CT molecular complexity index is 492. The van der Waals surface area contributed by atoms with Crippen molar-refractivity contribution in [3.05, 3.63) is 16.1 Å². The van der Waals surface area contributed by atoms with Crippen LogP contribution in [0.5, 0.6) is 0 Å². The van der Waals surface area contributed by atoms with Gasteiger partial charge >= 0.3 is 6.03 Å². The zero-order chi connectivity index (χ0) is 17.0. The number of nitrogens with zero attached hydrogens (tertiary/aromatic N) is 1. The van der Waals surface area contributed by atoms with Crippen molar-refractivity contribution in [2.24, 2.45) is 0 Å². The third-order valence-electron chi connectivity index (χ3n) is 3.35. The smallest absolute Gasteiger partial charge is 0.315 e. The lowest BCUT2D eigenvalue weighted by Crippen LogP contribution is -2.43. The first-order valence-electron chi connectivity index (χ1n) is 7.58. The van der Waals surface area contributed by atoms with E-state index in [1.165, 1.54) is 0 Å². The molecule has 2 amide bonds. The second-order valence-electron chi connectivity index (χ2n) is 7.29. The van der Waals surface area contributed by atoms with Crippen LogP contribution < -0.4 is 10.6 Å². The topological polar surface area (TPSA) is 63.2 Å². The SMILES string of the molecule is COC(C)(C)C[C@H](C)NC(=O)NCc1csc(C(C)(C)C)n1. The first-order chi connectivity index (χ1) is 10.0. The molecule has 0 aliphatic heterocycles. The maximum atomic E-state index is 11.9. The molecule has 0 saturated heterocycles. The largest absolute Gasteiger partial charge is 0.379 e. The summed E-state index contributed by atoms with van der Waals surface area (Å²) in [6.07, 6.45) is 0.752. The summed E-state index contributed by atoms with van der Waals surface area (Å²) in [6, 6.07) is -0.139. The van der Waals surface area contributed by atoms with E-state index in [9.17, 15) is 4.79 Å². The molecule has 5 nitrogen and oxygen atoms in total. The van der Waals surface area contributed by atoms with Gasteiger partial charge in [0.05, 0.1) is 22.8 Å². The first kappa shape index (κ1) is 18.9. The molecule has 1 aromatic rings. The zero-order valence-corrected chi connectivity index (χ0v) is 15.6. The third kappa shape index (κ3) is 6.32. The highest BCUT2D eigenvalue weighted by Gasteiger charge is 2.21. The summed E-state index contributed by atoms with van der Waals surface area (Å²) in [4.78, 5) is 16.5. The molecule has 0 bridgehead atoms. The molecule has 1 rings (SSSR count). The van der Waals surface area contributed by atoms with Gasteiger partial charge in [0.25, 0.3) is 0 Å². The van der Waals surface area contributed by atoms with Gasteiger partial charge in [0.1, 0.15) is 0 Å². The number of hydrogen-bond acceptors (Lipinski definition) is 4. The monoisotopic (exact) mass is 327 g/mol. The van der Waals surface area contributed by atoms with E-state index >= 15 is 0 Å². The fourth-order valence-electron chi connectivity index (χ4n) is 2.05. The number of ether oxygens (including phenoxy) is 1. The minimum atomic E-state index is -0.247. The fourth-order valence-corrected chi connectivity index (χ4v) is 2.96. The second kappa shape index (κ2) is 7.42. The lowest BCUT2D eigenvalue weighted by atomic mass is 9.98. The highest BCUT2D eigenvalue weighted by molar-refractivity contribution is 7.09. The van der Waals surface area contributed by atoms with Crippen LogP contribution in [0.4, 0.5) is 4.79 Å². The van der Waals surface area contributed by atoms with Gasteiger partial charge in [0.2, 0.25) is 0 Å². The highest BCUT2D eigenvalue weighted by atomic mass is 32.1. The molecule has 126 valence electrons. The number of carbonyl (C=O) groups is 1. The van der Waals surface area contributed by atoms with Crippen LogP contribution in [0.15, 0.2) is 5.38 Å². The molecule has 6 heteroatoms. The number of carbonyl (C=O) groups excluding carboxylic acids is 1. The average molecular weight is 327 g/mol. The number of rotatable bonds is 6. The fraction of sp³-hybridized carbons (Fsp3) is 0.750. The molecule has 2 N–H and O–H groups in total. The Morgan fingerprint density at radius 3 is 2.50 bits per heavy atom. The summed E-state index contributed by atoms with van der Waals surface area (Å²) in [7, 11) is 1.68. The van der Waals surface area contributed by atoms with Gasteiger partial charge < -0.3 is 15.4 Å². The van der Waals surface area contributed by atoms with Gasteiger partial charge in [-0.25, -0.2) is 9.78 Å². The Hall–Kier alpha value is -1.14. The minimum absolute atomic E-state index is 0.0375. The van der Waals surface area contributed by atoms with E-state index in [1.54, 1.807) is 18.4 Å². The average Bonchev–Trinajstić information content (AvgIpc) is 2.84. The highest BCUT2D eigenvalue weighted by Crippen LogP contribution is 2.25. The molecule has 1 aromatic heterocycles. The molecule has 0 aromatic carbocycles. The maximum Gasteiger partial charge on any atom is 0.315 e. The predicted octanol–water partition coefficient (Wildman–Crippen LogP) is 3.44. The van der Waals surface area contributed by atoms with Crippen LogP contribution in [0.3, 0.4) is 0 Å². The minimum Gasteiger partial charge on any atom is -0.379 e. The molecule has 1 heterocycles. The predicted molar refractivity (Wildman–Crippen MR) is 91.4 cm³/mol. The maximum absolute atomic E-state index is 11.9. The zero-order valence-electron chi connectivity index (χ0n) is 14.7. The Morgan fingerprint density at radius 2 is 2.00 bits per heavy atom. The summed E-state index contributed by atoms with van der Waals surface area (Å²) in [5.41, 5.74) is 0.698. The van der Waals surface area contributed by atoms with Gasteiger partial charge in [0, 0.05) is 23.9 Å². The van der Waals surface area contributed by atoms with Crippen LogP contribution in [0, 0.1) is 0 Å². The van der Waals surface area contributed by atoms with E-state index in [4.69, 9.17) is 4.74 Å². The Labute approximate surface area is 137 Å². The number of thiazole rings is 1. The Balaban J connectivity index is 2.42. The van der Waals surface area contributed by atoms with E-state index in [0.29, 0.717) is 6.54 Å². The Kier molecular flexibility index (Phi) is 6.38. The van der Waals surface area contributed by atoms with Gasteiger partial charge in [-0.2, -0.15) is 0 Å². The molecule has 0 unspecified atom stereocenters. The molecule has 1 atom stereocenters. The van der Waals surface area contributed by atoms with Crippen LogP contribution in [-0.2, 0) is 16.7 Å². The van der Waals surface area contributed by atoms with E-state index in [-0.39, 0.29) is 23.1 Å². The van der Waals surface area contributed by atoms with Crippen molar-refractivity contribution in [2.75, 3.05) is 7.11 Å². The van der Waals surface area contributed by atoms with Gasteiger partial charge in [-0.1, -0.05) is 20.8 Å². The summed E-state index contributed by atoms with van der Waals surface area (Å²) < 4.78 is 5.37. The van der Waals surface area contributed by atoms with Crippen molar-refractivity contribution >= 4 is 17.4 Å². The van der Waals surface area contributed by atoms with Crippen molar-refractivity contribution < 1.29 is 9.53 Å².